The monoisotopic (exact) mass is 351 g/mol. The van der Waals surface area contributed by atoms with Gasteiger partial charge in [-0.3, -0.25) is 9.48 Å². The number of nitrogens with one attached hydrogen (secondary N) is 1. The topological polar surface area (TPSA) is 46.9 Å². The van der Waals surface area contributed by atoms with Crippen LogP contribution in [-0.4, -0.2) is 21.9 Å². The zero-order valence-corrected chi connectivity index (χ0v) is 15.2. The van der Waals surface area contributed by atoms with Crippen LogP contribution in [0.25, 0.3) is 0 Å². The number of carbonyl (C=O) groups excluding carboxylic acids is 1. The Morgan fingerprint density at radius 3 is 2.56 bits per heavy atom. The van der Waals surface area contributed by atoms with Crippen molar-refractivity contribution >= 4 is 17.7 Å². The van der Waals surface area contributed by atoms with Crippen molar-refractivity contribution in [2.75, 3.05) is 6.26 Å². The lowest BCUT2D eigenvalue weighted by Gasteiger charge is -2.14. The van der Waals surface area contributed by atoms with Gasteiger partial charge in [0.1, 0.15) is 0 Å². The Hall–Kier alpha value is -2.53. The maximum atomic E-state index is 12.4. The molecule has 1 amide bonds. The predicted octanol–water partition coefficient (Wildman–Crippen LogP) is 4.14. The first-order chi connectivity index (χ1) is 12.2. The quantitative estimate of drug-likeness (QED) is 0.679. The van der Waals surface area contributed by atoms with Gasteiger partial charge in [0.05, 0.1) is 24.3 Å². The molecule has 1 aromatic heterocycles. The zero-order valence-electron chi connectivity index (χ0n) is 14.3. The fourth-order valence-corrected chi connectivity index (χ4v) is 3.00. The summed E-state index contributed by atoms with van der Waals surface area (Å²) >= 11 is 1.71. The lowest BCUT2D eigenvalue weighted by Crippen LogP contribution is -2.26. The average molecular weight is 351 g/mol. The van der Waals surface area contributed by atoms with Crippen LogP contribution in [0.4, 0.5) is 0 Å². The van der Waals surface area contributed by atoms with Gasteiger partial charge in [-0.2, -0.15) is 5.10 Å². The normalized spacial score (nSPS) is 11.9. The SMILES string of the molecule is CSc1ccc(C(C)NC(=O)c2cnn(Cc3ccccc3)c2)cc1. The highest BCUT2D eigenvalue weighted by Gasteiger charge is 2.13. The summed E-state index contributed by atoms with van der Waals surface area (Å²) in [6.07, 6.45) is 5.45. The fourth-order valence-electron chi connectivity index (χ4n) is 2.59. The van der Waals surface area contributed by atoms with Crippen molar-refractivity contribution in [2.45, 2.75) is 24.4 Å². The summed E-state index contributed by atoms with van der Waals surface area (Å²) in [4.78, 5) is 13.7. The minimum Gasteiger partial charge on any atom is -0.345 e. The summed E-state index contributed by atoms with van der Waals surface area (Å²) in [5.74, 6) is -0.110. The Kier molecular flexibility index (Phi) is 5.56. The molecular weight excluding hydrogens is 330 g/mol. The second kappa shape index (κ2) is 8.03. The molecule has 0 fully saturated rings. The third-order valence-corrected chi connectivity index (χ3v) is 4.79. The molecule has 1 heterocycles. The van der Waals surface area contributed by atoms with Crippen LogP contribution >= 0.6 is 11.8 Å². The predicted molar refractivity (Wildman–Crippen MR) is 102 cm³/mol. The molecule has 1 N–H and O–H groups in total. The molecule has 0 saturated carbocycles. The molecule has 1 unspecified atom stereocenters. The maximum absolute atomic E-state index is 12.4. The van der Waals surface area contributed by atoms with Gasteiger partial charge < -0.3 is 5.32 Å². The molecule has 1 atom stereocenters. The molecule has 3 aromatic rings. The second-order valence-electron chi connectivity index (χ2n) is 5.88. The molecule has 2 aromatic carbocycles. The molecule has 3 rings (SSSR count). The molecule has 0 aliphatic heterocycles. The van der Waals surface area contributed by atoms with E-state index in [0.717, 1.165) is 11.1 Å². The van der Waals surface area contributed by atoms with Crippen LogP contribution in [0.3, 0.4) is 0 Å². The molecule has 0 spiro atoms. The molecule has 25 heavy (non-hydrogen) atoms. The largest absolute Gasteiger partial charge is 0.345 e. The second-order valence-corrected chi connectivity index (χ2v) is 6.76. The number of nitrogens with zero attached hydrogens (tertiary/aromatic N) is 2. The van der Waals surface area contributed by atoms with Crippen molar-refractivity contribution in [1.82, 2.24) is 15.1 Å². The van der Waals surface area contributed by atoms with Gasteiger partial charge in [0.2, 0.25) is 0 Å². The Balaban J connectivity index is 1.62. The maximum Gasteiger partial charge on any atom is 0.254 e. The van der Waals surface area contributed by atoms with E-state index in [-0.39, 0.29) is 11.9 Å². The minimum absolute atomic E-state index is 0.0547. The molecule has 0 radical (unpaired) electrons. The zero-order chi connectivity index (χ0) is 17.6. The van der Waals surface area contributed by atoms with E-state index in [2.05, 4.69) is 34.7 Å². The molecule has 4 nitrogen and oxygen atoms in total. The van der Waals surface area contributed by atoms with Crippen LogP contribution in [0.15, 0.2) is 71.9 Å². The number of benzene rings is 2. The first-order valence-electron chi connectivity index (χ1n) is 8.17. The Morgan fingerprint density at radius 1 is 1.16 bits per heavy atom. The number of amides is 1. The van der Waals surface area contributed by atoms with E-state index in [1.807, 2.05) is 43.5 Å². The van der Waals surface area contributed by atoms with Gasteiger partial charge in [-0.1, -0.05) is 42.5 Å². The standard InChI is InChI=1S/C20H21N3OS/c1-15(17-8-10-19(25-2)11-9-17)22-20(24)18-12-21-23(14-18)13-16-6-4-3-5-7-16/h3-12,14-15H,13H2,1-2H3,(H,22,24). The minimum atomic E-state index is -0.110. The lowest BCUT2D eigenvalue weighted by molar-refractivity contribution is 0.0940. The van der Waals surface area contributed by atoms with Gasteiger partial charge in [0.25, 0.3) is 5.91 Å². The van der Waals surface area contributed by atoms with Gasteiger partial charge >= 0.3 is 0 Å². The van der Waals surface area contributed by atoms with Crippen LogP contribution in [0.2, 0.25) is 0 Å². The molecule has 128 valence electrons. The van der Waals surface area contributed by atoms with E-state index in [0.29, 0.717) is 12.1 Å². The fraction of sp³-hybridized carbons (Fsp3) is 0.200. The summed E-state index contributed by atoms with van der Waals surface area (Å²) in [6.45, 7) is 2.64. The van der Waals surface area contributed by atoms with Crippen LogP contribution < -0.4 is 5.32 Å². The van der Waals surface area contributed by atoms with E-state index in [4.69, 9.17) is 0 Å². The van der Waals surface area contributed by atoms with Crippen LogP contribution in [0.5, 0.6) is 0 Å². The Morgan fingerprint density at radius 2 is 1.88 bits per heavy atom. The van der Waals surface area contributed by atoms with E-state index < -0.39 is 0 Å². The van der Waals surface area contributed by atoms with E-state index >= 15 is 0 Å². The van der Waals surface area contributed by atoms with Gasteiger partial charge in [0, 0.05) is 11.1 Å². The first kappa shape index (κ1) is 17.3. The third-order valence-electron chi connectivity index (χ3n) is 4.05. The van der Waals surface area contributed by atoms with Gasteiger partial charge in [0.15, 0.2) is 0 Å². The summed E-state index contributed by atoms with van der Waals surface area (Å²) in [5, 5.41) is 7.32. The van der Waals surface area contributed by atoms with Gasteiger partial charge in [-0.25, -0.2) is 0 Å². The molecule has 0 bridgehead atoms. The van der Waals surface area contributed by atoms with Crippen LogP contribution in [0.1, 0.15) is 34.5 Å². The number of aromatic nitrogens is 2. The smallest absolute Gasteiger partial charge is 0.254 e. The number of rotatable bonds is 6. The molecule has 5 heteroatoms. The van der Waals surface area contributed by atoms with Gasteiger partial charge in [-0.05, 0) is 36.4 Å². The first-order valence-corrected chi connectivity index (χ1v) is 9.39. The number of thioether (sulfide) groups is 1. The van der Waals surface area contributed by atoms with Crippen molar-refractivity contribution in [1.29, 1.82) is 0 Å². The van der Waals surface area contributed by atoms with Gasteiger partial charge in [-0.15, -0.1) is 11.8 Å². The lowest BCUT2D eigenvalue weighted by atomic mass is 10.1. The van der Waals surface area contributed by atoms with Crippen molar-refractivity contribution in [3.05, 3.63) is 83.7 Å². The summed E-state index contributed by atoms with van der Waals surface area (Å²) in [5.41, 5.74) is 2.81. The highest BCUT2D eigenvalue weighted by Crippen LogP contribution is 2.19. The van der Waals surface area contributed by atoms with Crippen LogP contribution in [0, 0.1) is 0 Å². The summed E-state index contributed by atoms with van der Waals surface area (Å²) in [6, 6.07) is 18.3. The van der Waals surface area contributed by atoms with Crippen molar-refractivity contribution in [2.24, 2.45) is 0 Å². The summed E-state index contributed by atoms with van der Waals surface area (Å²) in [7, 11) is 0. The molecule has 0 aliphatic rings. The highest BCUT2D eigenvalue weighted by molar-refractivity contribution is 7.98. The third kappa shape index (κ3) is 4.51. The molecule has 0 saturated heterocycles. The van der Waals surface area contributed by atoms with E-state index in [1.165, 1.54) is 4.90 Å². The van der Waals surface area contributed by atoms with Crippen molar-refractivity contribution in [3.63, 3.8) is 0 Å². The Bertz CT molecular complexity index is 828. The van der Waals surface area contributed by atoms with E-state index in [9.17, 15) is 4.79 Å². The van der Waals surface area contributed by atoms with Crippen molar-refractivity contribution < 1.29 is 4.79 Å². The van der Waals surface area contributed by atoms with E-state index in [1.54, 1.807) is 28.8 Å². The summed E-state index contributed by atoms with van der Waals surface area (Å²) < 4.78 is 1.78. The molecular formula is C20H21N3OS. The number of carbonyl (C=O) groups is 1. The van der Waals surface area contributed by atoms with Crippen molar-refractivity contribution in [3.8, 4) is 0 Å². The average Bonchev–Trinajstić information content (AvgIpc) is 3.11. The number of hydrogen-bond acceptors (Lipinski definition) is 3. The number of hydrogen-bond donors (Lipinski definition) is 1. The molecule has 0 aliphatic carbocycles. The Labute approximate surface area is 152 Å². The highest BCUT2D eigenvalue weighted by atomic mass is 32.2. The van der Waals surface area contributed by atoms with Crippen LogP contribution in [-0.2, 0) is 6.54 Å².